The van der Waals surface area contributed by atoms with Gasteiger partial charge in [0, 0.05) is 4.83 Å². The molecule has 0 aromatic heterocycles. The van der Waals surface area contributed by atoms with Gasteiger partial charge in [-0.1, -0.05) is 76.6 Å². The highest BCUT2D eigenvalue weighted by molar-refractivity contribution is 9.09. The van der Waals surface area contributed by atoms with Crippen LogP contribution >= 0.6 is 15.9 Å². The van der Waals surface area contributed by atoms with Crippen molar-refractivity contribution in [3.8, 4) is 0 Å². The number of alkyl halides is 1. The Kier molecular flexibility index (Phi) is 4.17. The van der Waals surface area contributed by atoms with Gasteiger partial charge in [-0.15, -0.1) is 0 Å². The lowest BCUT2D eigenvalue weighted by Gasteiger charge is -2.09. The van der Waals surface area contributed by atoms with Gasteiger partial charge in [-0.3, -0.25) is 0 Å². The molecule has 2 aromatic carbocycles. The Hall–Kier alpha value is -1.08. The molecule has 0 spiro atoms. The Morgan fingerprint density at radius 1 is 0.812 bits per heavy atom. The Morgan fingerprint density at radius 2 is 1.38 bits per heavy atom. The topological polar surface area (TPSA) is 0 Å². The average molecular weight is 275 g/mol. The molecule has 82 valence electrons. The highest BCUT2D eigenvalue weighted by atomic mass is 79.9. The van der Waals surface area contributed by atoms with E-state index in [9.17, 15) is 0 Å². The van der Waals surface area contributed by atoms with Crippen molar-refractivity contribution in [2.75, 3.05) is 0 Å². The molecule has 0 nitrogen and oxygen atoms in total. The molecule has 0 saturated heterocycles. The predicted octanol–water partition coefficient (Wildman–Crippen LogP) is 4.76. The lowest BCUT2D eigenvalue weighted by Crippen LogP contribution is -1.93. The number of halogens is 1. The smallest absolute Gasteiger partial charge is 0.0398 e. The van der Waals surface area contributed by atoms with Gasteiger partial charge in [-0.2, -0.15) is 0 Å². The zero-order valence-electron chi connectivity index (χ0n) is 9.14. The Labute approximate surface area is 105 Å². The first-order chi connectivity index (χ1) is 7.86. The maximum atomic E-state index is 3.74. The van der Waals surface area contributed by atoms with Crippen molar-refractivity contribution < 1.29 is 0 Å². The zero-order chi connectivity index (χ0) is 11.2. The van der Waals surface area contributed by atoms with Crippen LogP contribution in [-0.4, -0.2) is 0 Å². The molecule has 16 heavy (non-hydrogen) atoms. The van der Waals surface area contributed by atoms with Gasteiger partial charge in [-0.05, 0) is 24.0 Å². The van der Waals surface area contributed by atoms with E-state index in [0.29, 0.717) is 4.83 Å². The molecule has 2 rings (SSSR count). The van der Waals surface area contributed by atoms with Gasteiger partial charge in [0.15, 0.2) is 0 Å². The van der Waals surface area contributed by atoms with Crippen LogP contribution in [0.4, 0.5) is 0 Å². The van der Waals surface area contributed by atoms with Gasteiger partial charge in [0.1, 0.15) is 0 Å². The first-order valence-electron chi connectivity index (χ1n) is 5.59. The summed E-state index contributed by atoms with van der Waals surface area (Å²) in [5.41, 5.74) is 2.77. The molecule has 0 N–H and O–H groups in total. The maximum absolute atomic E-state index is 3.74. The summed E-state index contributed by atoms with van der Waals surface area (Å²) in [6.45, 7) is 0. The second-order valence-corrected chi connectivity index (χ2v) is 5.01. The maximum Gasteiger partial charge on any atom is 0.0398 e. The molecule has 0 aliphatic carbocycles. The van der Waals surface area contributed by atoms with Crippen LogP contribution in [0.2, 0.25) is 0 Å². The van der Waals surface area contributed by atoms with Gasteiger partial charge >= 0.3 is 0 Å². The van der Waals surface area contributed by atoms with E-state index in [2.05, 4.69) is 76.6 Å². The predicted molar refractivity (Wildman–Crippen MR) is 72.9 cm³/mol. The van der Waals surface area contributed by atoms with Gasteiger partial charge in [-0.25, -0.2) is 0 Å². The third-order valence-corrected chi connectivity index (χ3v) is 3.68. The molecule has 1 heteroatoms. The SMILES string of the molecule is BrC(CCc1ccccc1)c1ccccc1. The molecule has 0 fully saturated rings. The minimum Gasteiger partial charge on any atom is -0.0839 e. The Balaban J connectivity index is 1.92. The first kappa shape index (κ1) is 11.4. The Bertz CT molecular complexity index is 408. The quantitative estimate of drug-likeness (QED) is 0.706. The van der Waals surface area contributed by atoms with E-state index in [-0.39, 0.29) is 0 Å². The van der Waals surface area contributed by atoms with Crippen molar-refractivity contribution in [2.24, 2.45) is 0 Å². The summed E-state index contributed by atoms with van der Waals surface area (Å²) in [5.74, 6) is 0. The second kappa shape index (κ2) is 5.86. The third kappa shape index (κ3) is 3.21. The molecule has 0 aliphatic heterocycles. The summed E-state index contributed by atoms with van der Waals surface area (Å²) in [5, 5.41) is 0. The lowest BCUT2D eigenvalue weighted by atomic mass is 10.0. The fourth-order valence-electron chi connectivity index (χ4n) is 1.77. The summed E-state index contributed by atoms with van der Waals surface area (Å²) in [6.07, 6.45) is 2.25. The number of rotatable bonds is 4. The van der Waals surface area contributed by atoms with Crippen molar-refractivity contribution in [3.63, 3.8) is 0 Å². The standard InChI is InChI=1S/C15H15Br/c16-15(14-9-5-2-6-10-14)12-11-13-7-3-1-4-8-13/h1-10,15H,11-12H2. The van der Waals surface area contributed by atoms with Gasteiger partial charge in [0.2, 0.25) is 0 Å². The minimum absolute atomic E-state index is 0.453. The Morgan fingerprint density at radius 3 is 2.00 bits per heavy atom. The third-order valence-electron chi connectivity index (χ3n) is 2.69. The molecule has 0 saturated carbocycles. The normalized spacial score (nSPS) is 12.3. The highest BCUT2D eigenvalue weighted by Crippen LogP contribution is 2.27. The van der Waals surface area contributed by atoms with E-state index < -0.39 is 0 Å². The van der Waals surface area contributed by atoms with E-state index in [1.165, 1.54) is 11.1 Å². The summed E-state index contributed by atoms with van der Waals surface area (Å²) >= 11 is 3.74. The number of hydrogen-bond acceptors (Lipinski definition) is 0. The molecular formula is C15H15Br. The van der Waals surface area contributed by atoms with Crippen molar-refractivity contribution >= 4 is 15.9 Å². The second-order valence-electron chi connectivity index (χ2n) is 3.90. The van der Waals surface area contributed by atoms with Crippen LogP contribution in [-0.2, 0) is 6.42 Å². The van der Waals surface area contributed by atoms with Crippen LogP contribution in [0.3, 0.4) is 0 Å². The van der Waals surface area contributed by atoms with Crippen LogP contribution in [0.15, 0.2) is 60.7 Å². The molecule has 2 aromatic rings. The average Bonchev–Trinajstić information content (AvgIpc) is 2.38. The molecule has 0 heterocycles. The monoisotopic (exact) mass is 274 g/mol. The van der Waals surface area contributed by atoms with Gasteiger partial charge in [0.25, 0.3) is 0 Å². The van der Waals surface area contributed by atoms with E-state index in [1.54, 1.807) is 0 Å². The molecule has 0 bridgehead atoms. The molecule has 0 aliphatic rings. The van der Waals surface area contributed by atoms with E-state index in [4.69, 9.17) is 0 Å². The minimum atomic E-state index is 0.453. The fourth-order valence-corrected chi connectivity index (χ4v) is 2.30. The molecule has 0 amide bonds. The van der Waals surface area contributed by atoms with Crippen LogP contribution in [0.1, 0.15) is 22.4 Å². The zero-order valence-corrected chi connectivity index (χ0v) is 10.7. The summed E-state index contributed by atoms with van der Waals surface area (Å²) < 4.78 is 0. The van der Waals surface area contributed by atoms with Crippen LogP contribution in [0.25, 0.3) is 0 Å². The first-order valence-corrected chi connectivity index (χ1v) is 6.51. The van der Waals surface area contributed by atoms with E-state index >= 15 is 0 Å². The van der Waals surface area contributed by atoms with Gasteiger partial charge < -0.3 is 0 Å². The van der Waals surface area contributed by atoms with E-state index in [0.717, 1.165) is 12.8 Å². The van der Waals surface area contributed by atoms with Crippen LogP contribution in [0.5, 0.6) is 0 Å². The lowest BCUT2D eigenvalue weighted by molar-refractivity contribution is 0.813. The summed E-state index contributed by atoms with van der Waals surface area (Å²) in [7, 11) is 0. The summed E-state index contributed by atoms with van der Waals surface area (Å²) in [4.78, 5) is 0.453. The highest BCUT2D eigenvalue weighted by Gasteiger charge is 2.06. The molecule has 1 atom stereocenters. The van der Waals surface area contributed by atoms with Crippen LogP contribution < -0.4 is 0 Å². The fraction of sp³-hybridized carbons (Fsp3) is 0.200. The number of aryl methyl sites for hydroxylation is 1. The number of benzene rings is 2. The summed E-state index contributed by atoms with van der Waals surface area (Å²) in [6, 6.07) is 21.2. The van der Waals surface area contributed by atoms with Crippen molar-refractivity contribution in [1.82, 2.24) is 0 Å². The number of hydrogen-bond donors (Lipinski definition) is 0. The molecule has 0 radical (unpaired) electrons. The van der Waals surface area contributed by atoms with Crippen LogP contribution in [0, 0.1) is 0 Å². The molecular weight excluding hydrogens is 260 g/mol. The molecule has 1 unspecified atom stereocenters. The van der Waals surface area contributed by atoms with Crippen molar-refractivity contribution in [2.45, 2.75) is 17.7 Å². The van der Waals surface area contributed by atoms with Gasteiger partial charge in [0.05, 0.1) is 0 Å². The largest absolute Gasteiger partial charge is 0.0839 e. The van der Waals surface area contributed by atoms with Crippen molar-refractivity contribution in [1.29, 1.82) is 0 Å². The van der Waals surface area contributed by atoms with E-state index in [1.807, 2.05) is 0 Å². The van der Waals surface area contributed by atoms with Crippen molar-refractivity contribution in [3.05, 3.63) is 71.8 Å².